The zero-order valence-corrected chi connectivity index (χ0v) is 10.6. The van der Waals surface area contributed by atoms with Crippen LogP contribution in [-0.4, -0.2) is 27.2 Å². The molecule has 0 unspecified atom stereocenters. The number of carbonyl (C=O) groups excluding carboxylic acids is 1. The molecule has 5 nitrogen and oxygen atoms in total. The Morgan fingerprint density at radius 1 is 1.62 bits per heavy atom. The third-order valence-electron chi connectivity index (χ3n) is 1.92. The van der Waals surface area contributed by atoms with Crippen molar-refractivity contribution in [3.63, 3.8) is 0 Å². The second-order valence-electron chi connectivity index (χ2n) is 2.91. The van der Waals surface area contributed by atoms with Crippen molar-refractivity contribution in [1.29, 1.82) is 0 Å². The molecule has 0 amide bonds. The minimum Gasteiger partial charge on any atom is -0.462 e. The molecule has 0 aliphatic rings. The van der Waals surface area contributed by atoms with E-state index in [4.69, 9.17) is 16.3 Å². The highest BCUT2D eigenvalue weighted by Gasteiger charge is 2.16. The van der Waals surface area contributed by atoms with E-state index in [9.17, 15) is 4.79 Å². The van der Waals surface area contributed by atoms with Crippen LogP contribution in [0.4, 0.5) is 0 Å². The van der Waals surface area contributed by atoms with Gasteiger partial charge in [-0.3, -0.25) is 0 Å². The maximum absolute atomic E-state index is 11.5. The molecule has 0 spiro atoms. The first kappa shape index (κ1) is 11.3. The zero-order chi connectivity index (χ0) is 11.7. The van der Waals surface area contributed by atoms with Gasteiger partial charge in [0.2, 0.25) is 0 Å². The van der Waals surface area contributed by atoms with Gasteiger partial charge in [-0.1, -0.05) is 11.6 Å². The van der Waals surface area contributed by atoms with E-state index in [1.807, 2.05) is 0 Å². The van der Waals surface area contributed by atoms with Crippen LogP contribution in [-0.2, 0) is 4.74 Å². The van der Waals surface area contributed by atoms with Crippen molar-refractivity contribution in [1.82, 2.24) is 14.6 Å². The molecular weight excluding hydrogens is 297 g/mol. The number of nitrogens with zero attached hydrogens (tertiary/aromatic N) is 3. The molecule has 2 aromatic heterocycles. The minimum atomic E-state index is -0.506. The number of halogens is 2. The van der Waals surface area contributed by atoms with Gasteiger partial charge in [-0.05, 0) is 22.9 Å². The summed E-state index contributed by atoms with van der Waals surface area (Å²) in [6.45, 7) is 2.01. The highest BCUT2D eigenvalue weighted by atomic mass is 79.9. The Bertz CT molecular complexity index is 555. The summed E-state index contributed by atoms with van der Waals surface area (Å²) in [4.78, 5) is 15.6. The Hall–Kier alpha value is -1.14. The van der Waals surface area contributed by atoms with E-state index in [1.54, 1.807) is 13.1 Å². The lowest BCUT2D eigenvalue weighted by atomic mass is 10.3. The lowest BCUT2D eigenvalue weighted by Crippen LogP contribution is -2.08. The Morgan fingerprint density at radius 2 is 2.38 bits per heavy atom. The van der Waals surface area contributed by atoms with E-state index in [0.29, 0.717) is 10.1 Å². The van der Waals surface area contributed by atoms with Gasteiger partial charge < -0.3 is 4.74 Å². The SMILES string of the molecule is CCOC(=O)c1cnc2c(Br)cnn2c1Cl. The first-order valence-electron chi connectivity index (χ1n) is 4.50. The van der Waals surface area contributed by atoms with Gasteiger partial charge in [-0.25, -0.2) is 14.3 Å². The fraction of sp³-hybridized carbons (Fsp3) is 0.222. The molecule has 84 valence electrons. The lowest BCUT2D eigenvalue weighted by Gasteiger charge is -2.04. The molecule has 2 aromatic rings. The van der Waals surface area contributed by atoms with Crippen LogP contribution >= 0.6 is 27.5 Å². The highest BCUT2D eigenvalue weighted by Crippen LogP contribution is 2.22. The number of rotatable bonds is 2. The van der Waals surface area contributed by atoms with Gasteiger partial charge in [0, 0.05) is 6.20 Å². The summed E-state index contributed by atoms with van der Waals surface area (Å²) in [5, 5.41) is 4.18. The quantitative estimate of drug-likeness (QED) is 0.631. The molecule has 0 saturated heterocycles. The molecule has 0 fully saturated rings. The van der Waals surface area contributed by atoms with Crippen molar-refractivity contribution in [3.05, 3.63) is 27.6 Å². The Labute approximate surface area is 104 Å². The Kier molecular flexibility index (Phi) is 3.11. The minimum absolute atomic E-state index is 0.189. The zero-order valence-electron chi connectivity index (χ0n) is 8.28. The number of ether oxygens (including phenoxy) is 1. The van der Waals surface area contributed by atoms with E-state index in [0.717, 1.165) is 0 Å². The molecule has 0 N–H and O–H groups in total. The number of carbonyl (C=O) groups is 1. The fourth-order valence-electron chi connectivity index (χ4n) is 1.22. The van der Waals surface area contributed by atoms with Crippen molar-refractivity contribution in [2.24, 2.45) is 0 Å². The van der Waals surface area contributed by atoms with E-state index in [-0.39, 0.29) is 17.3 Å². The van der Waals surface area contributed by atoms with Gasteiger partial charge in [0.25, 0.3) is 0 Å². The predicted molar refractivity (Wildman–Crippen MR) is 61.7 cm³/mol. The summed E-state index contributed by atoms with van der Waals surface area (Å²) in [6.07, 6.45) is 2.94. The summed E-state index contributed by atoms with van der Waals surface area (Å²) >= 11 is 9.30. The monoisotopic (exact) mass is 303 g/mol. The van der Waals surface area contributed by atoms with Crippen LogP contribution in [0.5, 0.6) is 0 Å². The van der Waals surface area contributed by atoms with Crippen molar-refractivity contribution < 1.29 is 9.53 Å². The van der Waals surface area contributed by atoms with Gasteiger partial charge >= 0.3 is 5.97 Å². The Morgan fingerprint density at radius 3 is 3.06 bits per heavy atom. The predicted octanol–water partition coefficient (Wildman–Crippen LogP) is 2.32. The van der Waals surface area contributed by atoms with Crippen LogP contribution in [0.3, 0.4) is 0 Å². The molecule has 7 heteroatoms. The van der Waals surface area contributed by atoms with E-state index in [2.05, 4.69) is 26.0 Å². The first-order chi connectivity index (χ1) is 7.65. The number of fused-ring (bicyclic) bond motifs is 1. The molecule has 0 bridgehead atoms. The third kappa shape index (κ3) is 1.78. The van der Waals surface area contributed by atoms with E-state index < -0.39 is 5.97 Å². The number of hydrogen-bond donors (Lipinski definition) is 0. The van der Waals surface area contributed by atoms with Gasteiger partial charge in [-0.15, -0.1) is 0 Å². The fourth-order valence-corrected chi connectivity index (χ4v) is 1.83. The smallest absolute Gasteiger partial charge is 0.342 e. The van der Waals surface area contributed by atoms with Crippen LogP contribution in [0.25, 0.3) is 5.65 Å². The van der Waals surface area contributed by atoms with Crippen LogP contribution < -0.4 is 0 Å². The van der Waals surface area contributed by atoms with E-state index in [1.165, 1.54) is 10.7 Å². The average molecular weight is 305 g/mol. The highest BCUT2D eigenvalue weighted by molar-refractivity contribution is 9.10. The number of aromatic nitrogens is 3. The molecule has 0 atom stereocenters. The summed E-state index contributed by atoms with van der Waals surface area (Å²) in [5.74, 6) is -0.506. The van der Waals surface area contributed by atoms with Crippen molar-refractivity contribution in [3.8, 4) is 0 Å². The number of hydrogen-bond acceptors (Lipinski definition) is 4. The summed E-state index contributed by atoms with van der Waals surface area (Å²) < 4.78 is 6.93. The standard InChI is InChI=1S/C9H7BrClN3O2/c1-2-16-9(15)5-3-12-8-6(10)4-13-14(8)7(5)11/h3-4H,2H2,1H3. The van der Waals surface area contributed by atoms with Gasteiger partial charge in [0.1, 0.15) is 10.7 Å². The number of esters is 1. The maximum Gasteiger partial charge on any atom is 0.342 e. The first-order valence-corrected chi connectivity index (χ1v) is 5.67. The second kappa shape index (κ2) is 4.39. The molecule has 2 rings (SSSR count). The molecular formula is C9H7BrClN3O2. The summed E-state index contributed by atoms with van der Waals surface area (Å²) in [7, 11) is 0. The molecule has 16 heavy (non-hydrogen) atoms. The largest absolute Gasteiger partial charge is 0.462 e. The van der Waals surface area contributed by atoms with Crippen molar-refractivity contribution >= 4 is 39.1 Å². The van der Waals surface area contributed by atoms with Crippen molar-refractivity contribution in [2.45, 2.75) is 6.92 Å². The van der Waals surface area contributed by atoms with Gasteiger partial charge in [0.15, 0.2) is 5.65 Å². The Balaban J connectivity index is 2.56. The van der Waals surface area contributed by atoms with Crippen LogP contribution in [0.2, 0.25) is 5.15 Å². The molecule has 2 heterocycles. The molecule has 0 saturated carbocycles. The molecule has 0 aliphatic carbocycles. The van der Waals surface area contributed by atoms with Crippen LogP contribution in [0, 0.1) is 0 Å². The molecule has 0 aromatic carbocycles. The molecule has 0 aliphatic heterocycles. The van der Waals surface area contributed by atoms with E-state index >= 15 is 0 Å². The van der Waals surface area contributed by atoms with Crippen LogP contribution in [0.15, 0.2) is 16.9 Å². The summed E-state index contributed by atoms with van der Waals surface area (Å²) in [6, 6.07) is 0. The van der Waals surface area contributed by atoms with Crippen LogP contribution in [0.1, 0.15) is 17.3 Å². The lowest BCUT2D eigenvalue weighted by molar-refractivity contribution is 0.0525. The topological polar surface area (TPSA) is 56.5 Å². The summed E-state index contributed by atoms with van der Waals surface area (Å²) in [5.41, 5.74) is 0.754. The normalized spacial score (nSPS) is 10.7. The maximum atomic E-state index is 11.5. The average Bonchev–Trinajstić information content (AvgIpc) is 2.62. The second-order valence-corrected chi connectivity index (χ2v) is 4.12. The van der Waals surface area contributed by atoms with Crippen molar-refractivity contribution in [2.75, 3.05) is 6.61 Å². The van der Waals surface area contributed by atoms with Gasteiger partial charge in [-0.2, -0.15) is 5.10 Å². The third-order valence-corrected chi connectivity index (χ3v) is 2.84. The van der Waals surface area contributed by atoms with Gasteiger partial charge in [0.05, 0.1) is 17.3 Å². The molecule has 0 radical (unpaired) electrons.